The van der Waals surface area contributed by atoms with Gasteiger partial charge in [0.05, 0.1) is 17.3 Å². The third-order valence-corrected chi connectivity index (χ3v) is 5.19. The number of para-hydroxylation sites is 1. The molecule has 5 aromatic rings. The Balaban J connectivity index is 1.50. The Bertz CT molecular complexity index is 1380. The van der Waals surface area contributed by atoms with Gasteiger partial charge in [0.1, 0.15) is 24.3 Å². The van der Waals surface area contributed by atoms with E-state index < -0.39 is 0 Å². The molecule has 0 amide bonds. The van der Waals surface area contributed by atoms with Crippen LogP contribution in [0.25, 0.3) is 16.7 Å². The minimum atomic E-state index is 0.710. The molecule has 0 radical (unpaired) electrons. The fourth-order valence-electron chi connectivity index (χ4n) is 3.58. The summed E-state index contributed by atoms with van der Waals surface area (Å²) in [4.78, 5) is 17.4. The Morgan fingerprint density at radius 3 is 2.53 bits per heavy atom. The maximum atomic E-state index is 4.54. The molecule has 8 heteroatoms. The molecule has 0 spiro atoms. The van der Waals surface area contributed by atoms with Crippen LogP contribution in [0.4, 0.5) is 23.0 Å². The summed E-state index contributed by atoms with van der Waals surface area (Å²) in [6.07, 6.45) is 5.79. The lowest BCUT2D eigenvalue weighted by molar-refractivity contribution is 0.895. The van der Waals surface area contributed by atoms with E-state index in [2.05, 4.69) is 54.7 Å². The van der Waals surface area contributed by atoms with Crippen molar-refractivity contribution in [3.05, 3.63) is 84.7 Å². The zero-order chi connectivity index (χ0) is 21.9. The van der Waals surface area contributed by atoms with Crippen LogP contribution in [0.1, 0.15) is 18.2 Å². The minimum Gasteiger partial charge on any atom is -0.340 e. The number of benzene rings is 2. The van der Waals surface area contributed by atoms with E-state index in [9.17, 15) is 0 Å². The lowest BCUT2D eigenvalue weighted by Crippen LogP contribution is -2.02. The molecule has 0 aliphatic carbocycles. The molecule has 2 aromatic carbocycles. The van der Waals surface area contributed by atoms with Gasteiger partial charge in [-0.1, -0.05) is 31.2 Å². The highest BCUT2D eigenvalue weighted by atomic mass is 15.3. The number of nitrogens with one attached hydrogen (secondary N) is 2. The number of hydrogen-bond acceptors (Lipinski definition) is 7. The zero-order valence-electron chi connectivity index (χ0n) is 17.8. The van der Waals surface area contributed by atoms with Gasteiger partial charge in [-0.05, 0) is 43.2 Å². The van der Waals surface area contributed by atoms with Crippen molar-refractivity contribution in [1.29, 1.82) is 0 Å². The van der Waals surface area contributed by atoms with E-state index in [1.54, 1.807) is 18.9 Å². The number of nitrogens with zero attached hydrogens (tertiary/aromatic N) is 6. The van der Waals surface area contributed by atoms with E-state index in [1.165, 1.54) is 5.56 Å². The van der Waals surface area contributed by atoms with E-state index in [-0.39, 0.29) is 0 Å². The van der Waals surface area contributed by atoms with Crippen molar-refractivity contribution < 1.29 is 0 Å². The number of rotatable bonds is 6. The van der Waals surface area contributed by atoms with Crippen molar-refractivity contribution in [2.45, 2.75) is 20.3 Å². The molecule has 0 bridgehead atoms. The average molecular weight is 422 g/mol. The van der Waals surface area contributed by atoms with Crippen LogP contribution in [0, 0.1) is 6.92 Å². The van der Waals surface area contributed by atoms with E-state index in [1.807, 2.05) is 54.1 Å². The first-order valence-corrected chi connectivity index (χ1v) is 10.4. The maximum absolute atomic E-state index is 4.54. The third-order valence-electron chi connectivity index (χ3n) is 5.19. The Morgan fingerprint density at radius 2 is 1.72 bits per heavy atom. The second-order valence-corrected chi connectivity index (χ2v) is 7.37. The van der Waals surface area contributed by atoms with Crippen LogP contribution in [0.5, 0.6) is 0 Å². The highest BCUT2D eigenvalue weighted by molar-refractivity contribution is 5.89. The van der Waals surface area contributed by atoms with Crippen molar-refractivity contribution in [3.63, 3.8) is 0 Å². The number of aromatic nitrogens is 6. The van der Waals surface area contributed by atoms with Crippen LogP contribution in [-0.4, -0.2) is 29.7 Å². The summed E-state index contributed by atoms with van der Waals surface area (Å²) in [5, 5.41) is 12.2. The van der Waals surface area contributed by atoms with E-state index in [0.29, 0.717) is 5.82 Å². The first-order chi connectivity index (χ1) is 15.7. The summed E-state index contributed by atoms with van der Waals surface area (Å²) in [6.45, 7) is 4.07. The molecule has 158 valence electrons. The maximum Gasteiger partial charge on any atom is 0.168 e. The molecule has 5 rings (SSSR count). The molecule has 0 unspecified atom stereocenters. The van der Waals surface area contributed by atoms with Crippen molar-refractivity contribution in [2.24, 2.45) is 0 Å². The molecule has 8 nitrogen and oxygen atoms in total. The standard InChI is InChI=1S/C24H22N8/c1-3-17-9-10-18(30-22-11-16(2)25-14-26-22)12-21(17)31-23-20-13-29-32(24(20)28-15-27-23)19-7-5-4-6-8-19/h4-15H,3H2,1-2H3,(H,25,26,30)(H,27,28,31). The van der Waals surface area contributed by atoms with Crippen LogP contribution >= 0.6 is 0 Å². The molecule has 2 N–H and O–H groups in total. The van der Waals surface area contributed by atoms with E-state index in [4.69, 9.17) is 0 Å². The summed E-state index contributed by atoms with van der Waals surface area (Å²) in [5.41, 5.74) is 5.68. The van der Waals surface area contributed by atoms with Gasteiger partial charge in [-0.3, -0.25) is 0 Å². The fourth-order valence-corrected chi connectivity index (χ4v) is 3.58. The first kappa shape index (κ1) is 19.6. The van der Waals surface area contributed by atoms with Crippen LogP contribution in [-0.2, 0) is 6.42 Å². The molecule has 0 aliphatic heterocycles. The van der Waals surface area contributed by atoms with Crippen LogP contribution in [0.3, 0.4) is 0 Å². The quantitative estimate of drug-likeness (QED) is 0.399. The Hall–Kier alpha value is -4.33. The molecule has 0 saturated carbocycles. The number of aryl methyl sites for hydroxylation is 2. The molecule has 0 atom stereocenters. The first-order valence-electron chi connectivity index (χ1n) is 10.4. The van der Waals surface area contributed by atoms with Gasteiger partial charge in [0.2, 0.25) is 0 Å². The lowest BCUT2D eigenvalue weighted by atomic mass is 10.1. The van der Waals surface area contributed by atoms with E-state index in [0.717, 1.165) is 46.0 Å². The molecular formula is C24H22N8. The van der Waals surface area contributed by atoms with E-state index >= 15 is 0 Å². The van der Waals surface area contributed by atoms with Gasteiger partial charge in [0, 0.05) is 23.1 Å². The summed E-state index contributed by atoms with van der Waals surface area (Å²) in [7, 11) is 0. The van der Waals surface area contributed by atoms with Gasteiger partial charge in [0.15, 0.2) is 5.65 Å². The smallest absolute Gasteiger partial charge is 0.168 e. The zero-order valence-corrected chi connectivity index (χ0v) is 17.8. The SMILES string of the molecule is CCc1ccc(Nc2cc(C)ncn2)cc1Nc1ncnc2c1cnn2-c1ccccc1. The Morgan fingerprint density at radius 1 is 0.875 bits per heavy atom. The second-order valence-electron chi connectivity index (χ2n) is 7.37. The molecule has 3 aromatic heterocycles. The largest absolute Gasteiger partial charge is 0.340 e. The van der Waals surface area contributed by atoms with Crippen LogP contribution in [0.2, 0.25) is 0 Å². The Labute approximate surface area is 185 Å². The molecular weight excluding hydrogens is 400 g/mol. The molecule has 0 saturated heterocycles. The predicted molar refractivity (Wildman–Crippen MR) is 126 cm³/mol. The molecule has 32 heavy (non-hydrogen) atoms. The third kappa shape index (κ3) is 3.85. The average Bonchev–Trinajstić information content (AvgIpc) is 3.25. The molecule has 3 heterocycles. The van der Waals surface area contributed by atoms with Gasteiger partial charge in [-0.2, -0.15) is 5.10 Å². The van der Waals surface area contributed by atoms with Gasteiger partial charge >= 0.3 is 0 Å². The topological polar surface area (TPSA) is 93.4 Å². The predicted octanol–water partition coefficient (Wildman–Crippen LogP) is 4.96. The van der Waals surface area contributed by atoms with Gasteiger partial charge in [-0.25, -0.2) is 24.6 Å². The van der Waals surface area contributed by atoms with Gasteiger partial charge in [-0.15, -0.1) is 0 Å². The molecule has 0 aliphatic rings. The Kier molecular flexibility index (Phi) is 5.17. The second kappa shape index (κ2) is 8.43. The highest BCUT2D eigenvalue weighted by Crippen LogP contribution is 2.29. The van der Waals surface area contributed by atoms with Crippen molar-refractivity contribution >= 4 is 34.0 Å². The van der Waals surface area contributed by atoms with Crippen LogP contribution in [0.15, 0.2) is 73.4 Å². The van der Waals surface area contributed by atoms with Crippen molar-refractivity contribution in [2.75, 3.05) is 10.6 Å². The summed E-state index contributed by atoms with van der Waals surface area (Å²) >= 11 is 0. The number of hydrogen-bond donors (Lipinski definition) is 2. The monoisotopic (exact) mass is 422 g/mol. The highest BCUT2D eigenvalue weighted by Gasteiger charge is 2.13. The minimum absolute atomic E-state index is 0.710. The lowest BCUT2D eigenvalue weighted by Gasteiger charge is -2.14. The summed E-state index contributed by atoms with van der Waals surface area (Å²) < 4.78 is 1.82. The van der Waals surface area contributed by atoms with Crippen LogP contribution < -0.4 is 10.6 Å². The van der Waals surface area contributed by atoms with Crippen molar-refractivity contribution in [1.82, 2.24) is 29.7 Å². The normalized spacial score (nSPS) is 10.9. The fraction of sp³-hybridized carbons (Fsp3) is 0.125. The van der Waals surface area contributed by atoms with Gasteiger partial charge in [0.25, 0.3) is 0 Å². The number of anilines is 4. The van der Waals surface area contributed by atoms with Crippen molar-refractivity contribution in [3.8, 4) is 5.69 Å². The number of fused-ring (bicyclic) bond motifs is 1. The summed E-state index contributed by atoms with van der Waals surface area (Å²) in [6, 6.07) is 18.1. The summed E-state index contributed by atoms with van der Waals surface area (Å²) in [5.74, 6) is 1.46. The molecule has 0 fully saturated rings. The van der Waals surface area contributed by atoms with Gasteiger partial charge < -0.3 is 10.6 Å².